The molecule has 7 heteroatoms. The zero-order valence-electron chi connectivity index (χ0n) is 12.7. The van der Waals surface area contributed by atoms with Gasteiger partial charge >= 0.3 is 11.7 Å². The van der Waals surface area contributed by atoms with Crippen LogP contribution >= 0.6 is 0 Å². The van der Waals surface area contributed by atoms with Crippen molar-refractivity contribution in [3.8, 4) is 11.3 Å². The molecule has 0 unspecified atom stereocenters. The summed E-state index contributed by atoms with van der Waals surface area (Å²) in [6.07, 6.45) is 1.54. The van der Waals surface area contributed by atoms with Crippen molar-refractivity contribution < 1.29 is 9.90 Å². The molecule has 0 aliphatic heterocycles. The molecule has 0 saturated heterocycles. The van der Waals surface area contributed by atoms with Gasteiger partial charge in [-0.3, -0.25) is 18.7 Å². The number of hydrogen-bond acceptors (Lipinski definition) is 3. The van der Waals surface area contributed by atoms with E-state index in [2.05, 4.69) is 0 Å². The summed E-state index contributed by atoms with van der Waals surface area (Å²) >= 11 is 0. The van der Waals surface area contributed by atoms with E-state index >= 15 is 0 Å². The van der Waals surface area contributed by atoms with E-state index in [-0.39, 0.29) is 6.54 Å². The second kappa shape index (κ2) is 5.28. The maximum absolute atomic E-state index is 12.6. The van der Waals surface area contributed by atoms with E-state index < -0.39 is 17.2 Å². The number of aliphatic carboxylic acids is 1. The molecule has 2 heterocycles. The molecule has 0 spiro atoms. The van der Waals surface area contributed by atoms with Crippen LogP contribution in [0.4, 0.5) is 0 Å². The highest BCUT2D eigenvalue weighted by Crippen LogP contribution is 2.27. The second-order valence-electron chi connectivity index (χ2n) is 5.33. The van der Waals surface area contributed by atoms with Crippen molar-refractivity contribution in [3.63, 3.8) is 0 Å². The Kier molecular flexibility index (Phi) is 3.40. The topological polar surface area (TPSA) is 86.2 Å². The summed E-state index contributed by atoms with van der Waals surface area (Å²) in [7, 11) is 2.97. The molecular weight excluding hydrogens is 298 g/mol. The number of aryl methyl sites for hydroxylation is 1. The van der Waals surface area contributed by atoms with Crippen LogP contribution in [0.1, 0.15) is 0 Å². The fraction of sp³-hybridized carbons (Fsp3) is 0.188. The lowest BCUT2D eigenvalue weighted by Crippen LogP contribution is -2.36. The van der Waals surface area contributed by atoms with E-state index in [1.54, 1.807) is 19.2 Å². The summed E-state index contributed by atoms with van der Waals surface area (Å²) in [4.78, 5) is 35.8. The molecule has 0 saturated carbocycles. The zero-order chi connectivity index (χ0) is 16.7. The monoisotopic (exact) mass is 313 g/mol. The molecule has 1 aromatic carbocycles. The third-order valence-corrected chi connectivity index (χ3v) is 3.86. The quantitative estimate of drug-likeness (QED) is 0.774. The highest BCUT2D eigenvalue weighted by atomic mass is 16.4. The molecular formula is C16H15N3O4. The zero-order valence-corrected chi connectivity index (χ0v) is 12.7. The molecule has 7 nitrogen and oxygen atoms in total. The fourth-order valence-electron chi connectivity index (χ4n) is 2.77. The molecule has 1 N–H and O–H groups in total. The van der Waals surface area contributed by atoms with Crippen LogP contribution in [0.25, 0.3) is 22.2 Å². The van der Waals surface area contributed by atoms with Crippen molar-refractivity contribution in [1.82, 2.24) is 13.7 Å². The maximum Gasteiger partial charge on any atom is 0.330 e. The Hall–Kier alpha value is -3.09. The molecule has 118 valence electrons. The Balaban J connectivity index is 2.51. The average molecular weight is 313 g/mol. The number of nitrogens with zero attached hydrogens (tertiary/aromatic N) is 3. The smallest absolute Gasteiger partial charge is 0.330 e. The first-order chi connectivity index (χ1) is 10.9. The number of carboxylic acid groups (broad SMARTS) is 1. The lowest BCUT2D eigenvalue weighted by molar-refractivity contribution is -0.137. The minimum Gasteiger partial charge on any atom is -0.480 e. The Bertz CT molecular complexity index is 1030. The largest absolute Gasteiger partial charge is 0.480 e. The Morgan fingerprint density at radius 1 is 1.09 bits per heavy atom. The van der Waals surface area contributed by atoms with E-state index in [1.165, 1.54) is 22.4 Å². The SMILES string of the molecule is Cn1c(=O)c2c(-c3ccccc3)n(CC(=O)O)cc2n(C)c1=O. The second-order valence-corrected chi connectivity index (χ2v) is 5.33. The number of fused-ring (bicyclic) bond motifs is 1. The summed E-state index contributed by atoms with van der Waals surface area (Å²) < 4.78 is 3.87. The maximum atomic E-state index is 12.6. The van der Waals surface area contributed by atoms with Crippen molar-refractivity contribution in [2.45, 2.75) is 6.54 Å². The summed E-state index contributed by atoms with van der Waals surface area (Å²) in [5, 5.41) is 9.47. The number of benzene rings is 1. The number of carbonyl (C=O) groups is 1. The molecule has 3 rings (SSSR count). The van der Waals surface area contributed by atoms with Crippen LogP contribution < -0.4 is 11.2 Å². The number of aromatic nitrogens is 3. The Labute approximate surface area is 130 Å². The minimum atomic E-state index is -1.02. The molecule has 2 aromatic heterocycles. The van der Waals surface area contributed by atoms with Crippen LogP contribution in [0.3, 0.4) is 0 Å². The van der Waals surface area contributed by atoms with Gasteiger partial charge in [-0.05, 0) is 5.56 Å². The van der Waals surface area contributed by atoms with E-state index in [0.717, 1.165) is 10.1 Å². The standard InChI is InChI=1S/C16H15N3O4/c1-17-11-8-19(9-12(20)21)14(10-6-4-3-5-7-10)13(11)15(22)18(2)16(17)23/h3-8H,9H2,1-2H3,(H,20,21). The third-order valence-electron chi connectivity index (χ3n) is 3.86. The van der Waals surface area contributed by atoms with Crippen molar-refractivity contribution in [2.75, 3.05) is 0 Å². The molecule has 23 heavy (non-hydrogen) atoms. The molecule has 0 amide bonds. The number of rotatable bonds is 3. The van der Waals surface area contributed by atoms with Crippen molar-refractivity contribution in [1.29, 1.82) is 0 Å². The lowest BCUT2D eigenvalue weighted by Gasteiger charge is -2.07. The van der Waals surface area contributed by atoms with Gasteiger partial charge in [0.15, 0.2) is 0 Å². The number of hydrogen-bond donors (Lipinski definition) is 1. The molecule has 0 fully saturated rings. The van der Waals surface area contributed by atoms with Gasteiger partial charge in [0.2, 0.25) is 0 Å². The molecule has 3 aromatic rings. The van der Waals surface area contributed by atoms with Crippen LogP contribution in [-0.4, -0.2) is 24.8 Å². The average Bonchev–Trinajstić information content (AvgIpc) is 2.90. The first-order valence-corrected chi connectivity index (χ1v) is 6.98. The molecule has 0 radical (unpaired) electrons. The molecule has 0 bridgehead atoms. The highest BCUT2D eigenvalue weighted by molar-refractivity contribution is 5.94. The summed E-state index contributed by atoms with van der Waals surface area (Å²) in [6.45, 7) is -0.295. The van der Waals surface area contributed by atoms with Gasteiger partial charge in [-0.25, -0.2) is 4.79 Å². The Morgan fingerprint density at radius 3 is 2.35 bits per heavy atom. The first-order valence-electron chi connectivity index (χ1n) is 6.98. The predicted molar refractivity (Wildman–Crippen MR) is 85.5 cm³/mol. The summed E-state index contributed by atoms with van der Waals surface area (Å²) in [5.74, 6) is -1.02. The van der Waals surface area contributed by atoms with Crippen molar-refractivity contribution >= 4 is 16.9 Å². The van der Waals surface area contributed by atoms with E-state index in [1.807, 2.05) is 18.2 Å². The van der Waals surface area contributed by atoms with Crippen LogP contribution in [0.2, 0.25) is 0 Å². The summed E-state index contributed by atoms with van der Waals surface area (Å²) in [5.41, 5.74) is 0.748. The van der Waals surface area contributed by atoms with Gasteiger partial charge in [-0.1, -0.05) is 30.3 Å². The fourth-order valence-corrected chi connectivity index (χ4v) is 2.77. The van der Waals surface area contributed by atoms with Gasteiger partial charge in [0, 0.05) is 20.3 Å². The van der Waals surface area contributed by atoms with Gasteiger partial charge in [-0.2, -0.15) is 0 Å². The van der Waals surface area contributed by atoms with Gasteiger partial charge in [0.25, 0.3) is 5.56 Å². The van der Waals surface area contributed by atoms with Crippen LogP contribution in [-0.2, 0) is 25.4 Å². The van der Waals surface area contributed by atoms with E-state index in [4.69, 9.17) is 5.11 Å². The minimum absolute atomic E-state index is 0.295. The van der Waals surface area contributed by atoms with Crippen LogP contribution in [0.15, 0.2) is 46.1 Å². The Morgan fingerprint density at radius 2 is 1.74 bits per heavy atom. The van der Waals surface area contributed by atoms with Gasteiger partial charge in [-0.15, -0.1) is 0 Å². The van der Waals surface area contributed by atoms with Crippen molar-refractivity contribution in [2.24, 2.45) is 14.1 Å². The van der Waals surface area contributed by atoms with Crippen molar-refractivity contribution in [3.05, 3.63) is 57.4 Å². The van der Waals surface area contributed by atoms with Gasteiger partial charge in [0.1, 0.15) is 6.54 Å². The van der Waals surface area contributed by atoms with E-state index in [0.29, 0.717) is 16.6 Å². The van der Waals surface area contributed by atoms with Gasteiger partial charge in [0.05, 0.1) is 16.6 Å². The molecule has 0 atom stereocenters. The molecule has 0 aliphatic rings. The third kappa shape index (κ3) is 2.26. The highest BCUT2D eigenvalue weighted by Gasteiger charge is 2.20. The number of carboxylic acids is 1. The summed E-state index contributed by atoms with van der Waals surface area (Å²) in [6, 6.07) is 9.07. The predicted octanol–water partition coefficient (Wildman–Crippen LogP) is 0.790. The van der Waals surface area contributed by atoms with E-state index in [9.17, 15) is 14.4 Å². The first kappa shape index (κ1) is 14.8. The molecule has 0 aliphatic carbocycles. The van der Waals surface area contributed by atoms with Crippen LogP contribution in [0, 0.1) is 0 Å². The van der Waals surface area contributed by atoms with Gasteiger partial charge < -0.3 is 9.67 Å². The lowest BCUT2D eigenvalue weighted by atomic mass is 10.1. The van der Waals surface area contributed by atoms with Crippen LogP contribution in [0.5, 0.6) is 0 Å². The normalized spacial score (nSPS) is 11.0.